The standard InChI is InChI=1S/C16H24N2O2S/c1-10(8-11-5-7-21-9-11)17-15(19)18-13-12-4-6-20-14(12)16(13,2)3/h5,7,9-10,12-14H,4,6,8H2,1-3H3,(H2,17,18,19)/t10-,12-,13-,14-/m1/s1. The van der Waals surface area contributed by atoms with Gasteiger partial charge in [0.25, 0.3) is 0 Å². The minimum absolute atomic E-state index is 0.0368. The molecule has 1 saturated heterocycles. The van der Waals surface area contributed by atoms with Gasteiger partial charge in [-0.3, -0.25) is 0 Å². The fourth-order valence-corrected chi connectivity index (χ4v) is 4.52. The zero-order valence-electron chi connectivity index (χ0n) is 12.9. The van der Waals surface area contributed by atoms with Gasteiger partial charge in [0.1, 0.15) is 0 Å². The summed E-state index contributed by atoms with van der Waals surface area (Å²) in [6.45, 7) is 7.23. The van der Waals surface area contributed by atoms with Crippen molar-refractivity contribution in [3.05, 3.63) is 22.4 Å². The minimum Gasteiger partial charge on any atom is -0.377 e. The highest BCUT2D eigenvalue weighted by molar-refractivity contribution is 7.07. The number of amides is 2. The fraction of sp³-hybridized carbons (Fsp3) is 0.688. The number of rotatable bonds is 4. The van der Waals surface area contributed by atoms with E-state index in [2.05, 4.69) is 41.3 Å². The van der Waals surface area contributed by atoms with E-state index in [1.165, 1.54) is 5.56 Å². The van der Waals surface area contributed by atoms with Crippen molar-refractivity contribution in [1.82, 2.24) is 10.6 Å². The van der Waals surface area contributed by atoms with Gasteiger partial charge < -0.3 is 15.4 Å². The molecule has 0 spiro atoms. The second kappa shape index (κ2) is 5.61. The number of ether oxygens (including phenoxy) is 1. The van der Waals surface area contributed by atoms with Gasteiger partial charge in [0.05, 0.1) is 6.10 Å². The number of hydrogen-bond donors (Lipinski definition) is 2. The maximum atomic E-state index is 12.2. The van der Waals surface area contributed by atoms with Crippen LogP contribution in [0.5, 0.6) is 0 Å². The summed E-state index contributed by atoms with van der Waals surface area (Å²) in [6.07, 6.45) is 2.25. The Morgan fingerprint density at radius 3 is 3.10 bits per heavy atom. The van der Waals surface area contributed by atoms with Crippen molar-refractivity contribution in [2.75, 3.05) is 6.61 Å². The number of hydrogen-bond acceptors (Lipinski definition) is 3. The lowest BCUT2D eigenvalue weighted by Crippen LogP contribution is -2.68. The number of carbonyl (C=O) groups is 1. The molecule has 0 aromatic carbocycles. The minimum atomic E-state index is -0.0545. The van der Waals surface area contributed by atoms with E-state index in [9.17, 15) is 4.79 Å². The van der Waals surface area contributed by atoms with Crippen LogP contribution in [-0.2, 0) is 11.2 Å². The van der Waals surface area contributed by atoms with Crippen molar-refractivity contribution in [3.63, 3.8) is 0 Å². The highest BCUT2D eigenvalue weighted by Gasteiger charge is 2.59. The van der Waals surface area contributed by atoms with Crippen LogP contribution in [0.15, 0.2) is 16.8 Å². The van der Waals surface area contributed by atoms with Crippen LogP contribution in [0.2, 0.25) is 0 Å². The molecule has 0 radical (unpaired) electrons. The summed E-state index contributed by atoms with van der Waals surface area (Å²) in [5.74, 6) is 0.484. The molecular weight excluding hydrogens is 284 g/mol. The molecule has 2 fully saturated rings. The molecule has 116 valence electrons. The van der Waals surface area contributed by atoms with E-state index in [-0.39, 0.29) is 23.5 Å². The molecular formula is C16H24N2O2S. The van der Waals surface area contributed by atoms with E-state index < -0.39 is 0 Å². The molecule has 3 rings (SSSR count). The Hall–Kier alpha value is -1.07. The number of urea groups is 1. The van der Waals surface area contributed by atoms with E-state index in [0.717, 1.165) is 19.4 Å². The van der Waals surface area contributed by atoms with Crippen LogP contribution >= 0.6 is 11.3 Å². The Labute approximate surface area is 130 Å². The van der Waals surface area contributed by atoms with Gasteiger partial charge in [0.15, 0.2) is 0 Å². The lowest BCUT2D eigenvalue weighted by atomic mass is 9.57. The van der Waals surface area contributed by atoms with Gasteiger partial charge in [-0.1, -0.05) is 13.8 Å². The van der Waals surface area contributed by atoms with Crippen LogP contribution in [0.1, 0.15) is 32.8 Å². The number of thiophene rings is 1. The molecule has 1 aromatic heterocycles. The molecule has 2 amide bonds. The van der Waals surface area contributed by atoms with Crippen molar-refractivity contribution in [3.8, 4) is 0 Å². The van der Waals surface area contributed by atoms with Crippen LogP contribution in [0.3, 0.4) is 0 Å². The Morgan fingerprint density at radius 2 is 2.38 bits per heavy atom. The van der Waals surface area contributed by atoms with E-state index in [0.29, 0.717) is 12.0 Å². The first-order chi connectivity index (χ1) is 9.98. The van der Waals surface area contributed by atoms with E-state index in [1.807, 2.05) is 6.92 Å². The molecule has 0 unspecified atom stereocenters. The summed E-state index contributed by atoms with van der Waals surface area (Å²) >= 11 is 1.69. The lowest BCUT2D eigenvalue weighted by molar-refractivity contribution is -0.108. The third kappa shape index (κ3) is 2.81. The lowest BCUT2D eigenvalue weighted by Gasteiger charge is -2.54. The molecule has 2 N–H and O–H groups in total. The Balaban J connectivity index is 1.50. The predicted molar refractivity (Wildman–Crippen MR) is 84.6 cm³/mol. The SMILES string of the molecule is C[C@H](Cc1ccsc1)NC(=O)N[C@@H]1[C@H]2CCO[C@H]2C1(C)C. The van der Waals surface area contributed by atoms with Crippen LogP contribution in [0.25, 0.3) is 0 Å². The van der Waals surface area contributed by atoms with Crippen molar-refractivity contribution in [1.29, 1.82) is 0 Å². The van der Waals surface area contributed by atoms with Crippen LogP contribution in [0, 0.1) is 11.3 Å². The number of carbonyl (C=O) groups excluding carboxylic acids is 1. The summed E-state index contributed by atoms with van der Waals surface area (Å²) in [5.41, 5.74) is 1.32. The third-order valence-corrected chi connectivity index (χ3v) is 5.62. The number of fused-ring (bicyclic) bond motifs is 1. The Morgan fingerprint density at radius 1 is 1.57 bits per heavy atom. The summed E-state index contributed by atoms with van der Waals surface area (Å²) in [7, 11) is 0. The average Bonchev–Trinajstić information content (AvgIpc) is 3.05. The highest BCUT2D eigenvalue weighted by Crippen LogP contribution is 2.52. The molecule has 1 saturated carbocycles. The normalized spacial score (nSPS) is 31.1. The van der Waals surface area contributed by atoms with Crippen LogP contribution in [0.4, 0.5) is 4.79 Å². The Bertz CT molecular complexity index is 500. The molecule has 1 aromatic rings. The monoisotopic (exact) mass is 308 g/mol. The highest BCUT2D eigenvalue weighted by atomic mass is 32.1. The average molecular weight is 308 g/mol. The first kappa shape index (κ1) is 14.9. The molecule has 4 atom stereocenters. The molecule has 4 nitrogen and oxygen atoms in total. The van der Waals surface area contributed by atoms with Gasteiger partial charge in [-0.2, -0.15) is 11.3 Å². The molecule has 5 heteroatoms. The first-order valence-electron chi connectivity index (χ1n) is 7.68. The Kier molecular flexibility index (Phi) is 3.97. The smallest absolute Gasteiger partial charge is 0.315 e. The van der Waals surface area contributed by atoms with E-state index >= 15 is 0 Å². The molecule has 2 heterocycles. The van der Waals surface area contributed by atoms with Crippen molar-refractivity contribution in [2.45, 2.75) is 51.8 Å². The van der Waals surface area contributed by atoms with Crippen LogP contribution in [-0.4, -0.2) is 30.8 Å². The number of nitrogens with one attached hydrogen (secondary N) is 2. The van der Waals surface area contributed by atoms with Gasteiger partial charge in [0, 0.05) is 30.0 Å². The molecule has 1 aliphatic heterocycles. The third-order valence-electron chi connectivity index (χ3n) is 4.89. The maximum Gasteiger partial charge on any atom is 0.315 e. The summed E-state index contributed by atoms with van der Waals surface area (Å²) in [6, 6.07) is 2.41. The van der Waals surface area contributed by atoms with Gasteiger partial charge in [-0.25, -0.2) is 4.79 Å². The van der Waals surface area contributed by atoms with Crippen molar-refractivity contribution >= 4 is 17.4 Å². The van der Waals surface area contributed by atoms with Crippen molar-refractivity contribution < 1.29 is 9.53 Å². The fourth-order valence-electron chi connectivity index (χ4n) is 3.84. The van der Waals surface area contributed by atoms with Crippen molar-refractivity contribution in [2.24, 2.45) is 11.3 Å². The largest absolute Gasteiger partial charge is 0.377 e. The second-order valence-corrected chi connectivity index (χ2v) is 7.68. The topological polar surface area (TPSA) is 50.4 Å². The summed E-state index contributed by atoms with van der Waals surface area (Å²) in [4.78, 5) is 12.2. The van der Waals surface area contributed by atoms with Gasteiger partial charge in [-0.05, 0) is 42.2 Å². The van der Waals surface area contributed by atoms with E-state index in [4.69, 9.17) is 4.74 Å². The zero-order valence-corrected chi connectivity index (χ0v) is 13.7. The zero-order chi connectivity index (χ0) is 15.0. The molecule has 0 bridgehead atoms. The van der Waals surface area contributed by atoms with Gasteiger partial charge in [-0.15, -0.1) is 0 Å². The molecule has 1 aliphatic carbocycles. The van der Waals surface area contributed by atoms with Gasteiger partial charge in [0.2, 0.25) is 0 Å². The second-order valence-electron chi connectivity index (χ2n) is 6.90. The molecule has 21 heavy (non-hydrogen) atoms. The maximum absolute atomic E-state index is 12.2. The first-order valence-corrected chi connectivity index (χ1v) is 8.62. The summed E-state index contributed by atoms with van der Waals surface area (Å²) in [5, 5.41) is 10.4. The predicted octanol–water partition coefficient (Wildman–Crippen LogP) is 2.79. The summed E-state index contributed by atoms with van der Waals surface area (Å²) < 4.78 is 5.76. The van der Waals surface area contributed by atoms with Gasteiger partial charge >= 0.3 is 6.03 Å². The molecule has 2 aliphatic rings. The van der Waals surface area contributed by atoms with Crippen LogP contribution < -0.4 is 10.6 Å². The van der Waals surface area contributed by atoms with E-state index in [1.54, 1.807) is 11.3 Å². The quantitative estimate of drug-likeness (QED) is 0.898.